The van der Waals surface area contributed by atoms with Gasteiger partial charge in [0.1, 0.15) is 0 Å². The van der Waals surface area contributed by atoms with Crippen LogP contribution >= 0.6 is 0 Å². The standard InChI is InChI=1S/C11H20N2O2/c1-2-3-9(11(12)15)6-10(14)13-7-8-4-5-8/h8-9H,2-7H2,1H3,(H2,12,15)(H,13,14). The zero-order chi connectivity index (χ0) is 11.3. The van der Waals surface area contributed by atoms with Crippen molar-refractivity contribution < 1.29 is 9.59 Å². The van der Waals surface area contributed by atoms with Crippen LogP contribution < -0.4 is 11.1 Å². The monoisotopic (exact) mass is 212 g/mol. The van der Waals surface area contributed by atoms with E-state index >= 15 is 0 Å². The summed E-state index contributed by atoms with van der Waals surface area (Å²) in [6.07, 6.45) is 4.26. The van der Waals surface area contributed by atoms with E-state index in [1.54, 1.807) is 0 Å². The van der Waals surface area contributed by atoms with Crippen LogP contribution in [0.4, 0.5) is 0 Å². The molecule has 1 unspecified atom stereocenters. The highest BCUT2D eigenvalue weighted by Gasteiger charge is 2.23. The number of nitrogens with one attached hydrogen (secondary N) is 1. The molecule has 3 N–H and O–H groups in total. The summed E-state index contributed by atoms with van der Waals surface area (Å²) >= 11 is 0. The maximum atomic E-state index is 11.4. The molecule has 86 valence electrons. The van der Waals surface area contributed by atoms with Gasteiger partial charge in [0.05, 0.1) is 0 Å². The molecule has 0 aromatic rings. The molecular formula is C11H20N2O2. The first-order valence-electron chi connectivity index (χ1n) is 5.69. The Kier molecular flexibility index (Phi) is 4.59. The van der Waals surface area contributed by atoms with Crippen LogP contribution in [0.2, 0.25) is 0 Å². The van der Waals surface area contributed by atoms with Gasteiger partial charge in [0, 0.05) is 18.9 Å². The van der Waals surface area contributed by atoms with Gasteiger partial charge < -0.3 is 11.1 Å². The second-order valence-corrected chi connectivity index (χ2v) is 4.34. The highest BCUT2D eigenvalue weighted by molar-refractivity contribution is 5.84. The largest absolute Gasteiger partial charge is 0.369 e. The zero-order valence-corrected chi connectivity index (χ0v) is 9.29. The third-order valence-corrected chi connectivity index (χ3v) is 2.76. The van der Waals surface area contributed by atoms with E-state index in [9.17, 15) is 9.59 Å². The first-order chi connectivity index (χ1) is 7.13. The Hall–Kier alpha value is -1.06. The third kappa shape index (κ3) is 4.81. The van der Waals surface area contributed by atoms with E-state index in [1.807, 2.05) is 6.92 Å². The van der Waals surface area contributed by atoms with Crippen LogP contribution in [0.5, 0.6) is 0 Å². The summed E-state index contributed by atoms with van der Waals surface area (Å²) in [5.74, 6) is -0.0288. The normalized spacial score (nSPS) is 17.1. The predicted molar refractivity (Wildman–Crippen MR) is 57.9 cm³/mol. The van der Waals surface area contributed by atoms with E-state index in [4.69, 9.17) is 5.73 Å². The number of amides is 2. The molecule has 0 heterocycles. The molecule has 1 fully saturated rings. The van der Waals surface area contributed by atoms with E-state index in [2.05, 4.69) is 5.32 Å². The summed E-state index contributed by atoms with van der Waals surface area (Å²) in [7, 11) is 0. The second kappa shape index (κ2) is 5.73. The van der Waals surface area contributed by atoms with Gasteiger partial charge in [-0.2, -0.15) is 0 Å². The first kappa shape index (κ1) is 12.0. The van der Waals surface area contributed by atoms with E-state index < -0.39 is 0 Å². The molecule has 0 aliphatic heterocycles. The van der Waals surface area contributed by atoms with Crippen molar-refractivity contribution in [3.8, 4) is 0 Å². The summed E-state index contributed by atoms with van der Waals surface area (Å²) in [6, 6.07) is 0. The van der Waals surface area contributed by atoms with E-state index in [0.29, 0.717) is 12.3 Å². The first-order valence-corrected chi connectivity index (χ1v) is 5.69. The quantitative estimate of drug-likeness (QED) is 0.655. The van der Waals surface area contributed by atoms with Crippen LogP contribution in [0, 0.1) is 11.8 Å². The number of primary amides is 1. The van der Waals surface area contributed by atoms with Gasteiger partial charge in [-0.05, 0) is 25.2 Å². The zero-order valence-electron chi connectivity index (χ0n) is 9.29. The molecule has 0 aromatic heterocycles. The predicted octanol–water partition coefficient (Wildman–Crippen LogP) is 0.804. The Balaban J connectivity index is 2.22. The maximum absolute atomic E-state index is 11.4. The second-order valence-electron chi connectivity index (χ2n) is 4.34. The van der Waals surface area contributed by atoms with Crippen LogP contribution in [0.15, 0.2) is 0 Å². The third-order valence-electron chi connectivity index (χ3n) is 2.76. The average molecular weight is 212 g/mol. The summed E-state index contributed by atoms with van der Waals surface area (Å²) in [6.45, 7) is 2.74. The molecular weight excluding hydrogens is 192 g/mol. The lowest BCUT2D eigenvalue weighted by atomic mass is 9.99. The van der Waals surface area contributed by atoms with Crippen molar-refractivity contribution in [3.05, 3.63) is 0 Å². The molecule has 0 bridgehead atoms. The summed E-state index contributed by atoms with van der Waals surface area (Å²) in [4.78, 5) is 22.5. The minimum Gasteiger partial charge on any atom is -0.369 e. The van der Waals surface area contributed by atoms with Gasteiger partial charge >= 0.3 is 0 Å². The number of hydrogen-bond donors (Lipinski definition) is 2. The number of carbonyl (C=O) groups is 2. The summed E-state index contributed by atoms with van der Waals surface area (Å²) in [5.41, 5.74) is 5.22. The molecule has 1 atom stereocenters. The van der Waals surface area contributed by atoms with Crippen molar-refractivity contribution in [1.82, 2.24) is 5.32 Å². The lowest BCUT2D eigenvalue weighted by molar-refractivity contribution is -0.128. The van der Waals surface area contributed by atoms with Crippen molar-refractivity contribution >= 4 is 11.8 Å². The molecule has 1 aliphatic carbocycles. The van der Waals surface area contributed by atoms with E-state index in [0.717, 1.165) is 13.0 Å². The lowest BCUT2D eigenvalue weighted by Crippen LogP contribution is -2.32. The number of carbonyl (C=O) groups excluding carboxylic acids is 2. The minimum atomic E-state index is -0.363. The van der Waals surface area contributed by atoms with Gasteiger partial charge in [0.25, 0.3) is 0 Å². The maximum Gasteiger partial charge on any atom is 0.221 e. The van der Waals surface area contributed by atoms with Crippen LogP contribution in [-0.2, 0) is 9.59 Å². The van der Waals surface area contributed by atoms with Gasteiger partial charge in [-0.15, -0.1) is 0 Å². The molecule has 2 amide bonds. The Morgan fingerprint density at radius 1 is 1.47 bits per heavy atom. The summed E-state index contributed by atoms with van der Waals surface area (Å²) < 4.78 is 0. The number of nitrogens with two attached hydrogens (primary N) is 1. The fraction of sp³-hybridized carbons (Fsp3) is 0.818. The topological polar surface area (TPSA) is 72.2 Å². The van der Waals surface area contributed by atoms with E-state index in [1.165, 1.54) is 12.8 Å². The van der Waals surface area contributed by atoms with Gasteiger partial charge in [-0.3, -0.25) is 9.59 Å². The lowest BCUT2D eigenvalue weighted by Gasteiger charge is -2.11. The van der Waals surface area contributed by atoms with Crippen LogP contribution in [0.1, 0.15) is 39.0 Å². The smallest absolute Gasteiger partial charge is 0.221 e. The highest BCUT2D eigenvalue weighted by atomic mass is 16.2. The Labute approximate surface area is 90.6 Å². The van der Waals surface area contributed by atoms with Crippen LogP contribution in [0.3, 0.4) is 0 Å². The molecule has 0 saturated heterocycles. The minimum absolute atomic E-state index is 0.0425. The van der Waals surface area contributed by atoms with Crippen molar-refractivity contribution in [3.63, 3.8) is 0 Å². The Morgan fingerprint density at radius 2 is 2.13 bits per heavy atom. The fourth-order valence-corrected chi connectivity index (χ4v) is 1.57. The molecule has 15 heavy (non-hydrogen) atoms. The molecule has 4 heteroatoms. The Bertz CT molecular complexity index is 237. The molecule has 0 spiro atoms. The van der Waals surface area contributed by atoms with Gasteiger partial charge in [-0.1, -0.05) is 13.3 Å². The van der Waals surface area contributed by atoms with Crippen LogP contribution in [-0.4, -0.2) is 18.4 Å². The highest BCUT2D eigenvalue weighted by Crippen LogP contribution is 2.27. The molecule has 1 saturated carbocycles. The molecule has 1 rings (SSSR count). The van der Waals surface area contributed by atoms with Gasteiger partial charge in [0.2, 0.25) is 11.8 Å². The number of hydrogen-bond acceptors (Lipinski definition) is 2. The van der Waals surface area contributed by atoms with Gasteiger partial charge in [0.15, 0.2) is 0 Å². The van der Waals surface area contributed by atoms with Gasteiger partial charge in [-0.25, -0.2) is 0 Å². The molecule has 4 nitrogen and oxygen atoms in total. The molecule has 1 aliphatic rings. The van der Waals surface area contributed by atoms with Crippen molar-refractivity contribution in [2.45, 2.75) is 39.0 Å². The summed E-state index contributed by atoms with van der Waals surface area (Å²) in [5, 5.41) is 2.84. The van der Waals surface area contributed by atoms with Crippen molar-refractivity contribution in [2.24, 2.45) is 17.6 Å². The van der Waals surface area contributed by atoms with Crippen molar-refractivity contribution in [1.29, 1.82) is 0 Å². The van der Waals surface area contributed by atoms with Crippen molar-refractivity contribution in [2.75, 3.05) is 6.54 Å². The Morgan fingerprint density at radius 3 is 2.60 bits per heavy atom. The van der Waals surface area contributed by atoms with Crippen LogP contribution in [0.25, 0.3) is 0 Å². The SMILES string of the molecule is CCCC(CC(=O)NCC1CC1)C(N)=O. The molecule has 0 radical (unpaired) electrons. The van der Waals surface area contributed by atoms with E-state index in [-0.39, 0.29) is 24.2 Å². The molecule has 0 aromatic carbocycles. The number of rotatable bonds is 7. The fourth-order valence-electron chi connectivity index (χ4n) is 1.57. The average Bonchev–Trinajstić information content (AvgIpc) is 2.97.